The fourth-order valence-corrected chi connectivity index (χ4v) is 2.05. The highest BCUT2D eigenvalue weighted by Gasteiger charge is 2.14. The van der Waals surface area contributed by atoms with Gasteiger partial charge in [0.15, 0.2) is 11.6 Å². The first-order valence-electron chi connectivity index (χ1n) is 5.56. The second-order valence-electron chi connectivity index (χ2n) is 3.97. The number of benzene rings is 1. The molecule has 1 aromatic heterocycles. The van der Waals surface area contributed by atoms with Crippen LogP contribution in [0.25, 0.3) is 11.1 Å². The number of aromatic nitrogens is 1. The Morgan fingerprint density at radius 1 is 1.33 bits per heavy atom. The van der Waals surface area contributed by atoms with Gasteiger partial charge < -0.3 is 10.1 Å². The van der Waals surface area contributed by atoms with Gasteiger partial charge in [-0.25, -0.2) is 9.37 Å². The van der Waals surface area contributed by atoms with Crippen LogP contribution in [-0.4, -0.2) is 18.1 Å². The maximum absolute atomic E-state index is 13.8. The Balaban J connectivity index is 2.06. The smallest absolute Gasteiger partial charge is 0.168 e. The van der Waals surface area contributed by atoms with E-state index in [1.54, 1.807) is 24.4 Å². The van der Waals surface area contributed by atoms with Crippen LogP contribution in [0.5, 0.6) is 5.75 Å². The van der Waals surface area contributed by atoms with Crippen molar-refractivity contribution >= 4 is 17.4 Å². The molecular formula is C13H10ClFN2O. The second kappa shape index (κ2) is 4.46. The maximum Gasteiger partial charge on any atom is 0.168 e. The number of ether oxygens (including phenoxy) is 1. The molecule has 1 aromatic carbocycles. The SMILES string of the molecule is Fc1cc(Cl)ccc1-c1cnc2c(c1)OCCN2. The molecule has 1 N–H and O–H groups in total. The lowest BCUT2D eigenvalue weighted by atomic mass is 10.1. The lowest BCUT2D eigenvalue weighted by Crippen LogP contribution is -2.18. The fourth-order valence-electron chi connectivity index (χ4n) is 1.89. The number of nitrogens with one attached hydrogen (secondary N) is 1. The van der Waals surface area contributed by atoms with Crippen molar-refractivity contribution in [2.75, 3.05) is 18.5 Å². The van der Waals surface area contributed by atoms with E-state index in [1.807, 2.05) is 0 Å². The van der Waals surface area contributed by atoms with E-state index in [-0.39, 0.29) is 5.82 Å². The highest BCUT2D eigenvalue weighted by molar-refractivity contribution is 6.30. The quantitative estimate of drug-likeness (QED) is 0.858. The molecule has 3 rings (SSSR count). The molecule has 0 saturated heterocycles. The van der Waals surface area contributed by atoms with Gasteiger partial charge in [-0.05, 0) is 24.3 Å². The number of anilines is 1. The molecule has 0 amide bonds. The number of nitrogens with zero attached hydrogens (tertiary/aromatic N) is 1. The van der Waals surface area contributed by atoms with E-state index >= 15 is 0 Å². The van der Waals surface area contributed by atoms with Crippen molar-refractivity contribution in [2.45, 2.75) is 0 Å². The summed E-state index contributed by atoms with van der Waals surface area (Å²) in [7, 11) is 0. The fraction of sp³-hybridized carbons (Fsp3) is 0.154. The van der Waals surface area contributed by atoms with Crippen LogP contribution in [0.1, 0.15) is 0 Å². The van der Waals surface area contributed by atoms with Crippen molar-refractivity contribution in [3.05, 3.63) is 41.3 Å². The van der Waals surface area contributed by atoms with E-state index in [0.29, 0.717) is 34.3 Å². The van der Waals surface area contributed by atoms with Crippen LogP contribution in [0.3, 0.4) is 0 Å². The minimum atomic E-state index is -0.368. The zero-order chi connectivity index (χ0) is 12.5. The molecule has 0 bridgehead atoms. The molecule has 5 heteroatoms. The van der Waals surface area contributed by atoms with Crippen LogP contribution in [0.2, 0.25) is 5.02 Å². The van der Waals surface area contributed by atoms with E-state index in [9.17, 15) is 4.39 Å². The van der Waals surface area contributed by atoms with E-state index in [1.165, 1.54) is 6.07 Å². The average Bonchev–Trinajstić information content (AvgIpc) is 2.38. The van der Waals surface area contributed by atoms with Crippen molar-refractivity contribution in [3.63, 3.8) is 0 Å². The lowest BCUT2D eigenvalue weighted by molar-refractivity contribution is 0.321. The highest BCUT2D eigenvalue weighted by Crippen LogP contribution is 2.32. The molecule has 92 valence electrons. The number of hydrogen-bond acceptors (Lipinski definition) is 3. The van der Waals surface area contributed by atoms with Crippen LogP contribution >= 0.6 is 11.6 Å². The normalized spacial score (nSPS) is 13.4. The van der Waals surface area contributed by atoms with Gasteiger partial charge in [0.05, 0.1) is 6.54 Å². The predicted octanol–water partition coefficient (Wildman–Crippen LogP) is 3.35. The van der Waals surface area contributed by atoms with Crippen molar-refractivity contribution < 1.29 is 9.13 Å². The molecule has 1 aliphatic rings. The van der Waals surface area contributed by atoms with Crippen molar-refractivity contribution in [1.82, 2.24) is 4.98 Å². The monoisotopic (exact) mass is 264 g/mol. The molecule has 2 aromatic rings. The van der Waals surface area contributed by atoms with E-state index in [2.05, 4.69) is 10.3 Å². The van der Waals surface area contributed by atoms with Crippen molar-refractivity contribution in [1.29, 1.82) is 0 Å². The molecule has 1 aliphatic heterocycles. The summed E-state index contributed by atoms with van der Waals surface area (Å²) in [5.41, 5.74) is 1.13. The van der Waals surface area contributed by atoms with E-state index in [0.717, 1.165) is 6.54 Å². The van der Waals surface area contributed by atoms with Crippen LogP contribution in [-0.2, 0) is 0 Å². The number of rotatable bonds is 1. The molecule has 2 heterocycles. The van der Waals surface area contributed by atoms with Crippen molar-refractivity contribution in [2.24, 2.45) is 0 Å². The molecule has 0 fully saturated rings. The summed E-state index contributed by atoms with van der Waals surface area (Å²) in [5.74, 6) is 0.973. The molecular weight excluding hydrogens is 255 g/mol. The topological polar surface area (TPSA) is 34.1 Å². The molecule has 0 saturated carbocycles. The molecule has 0 aliphatic carbocycles. The Kier molecular flexibility index (Phi) is 2.80. The first kappa shape index (κ1) is 11.3. The summed E-state index contributed by atoms with van der Waals surface area (Å²) in [5, 5.41) is 3.49. The van der Waals surface area contributed by atoms with Gasteiger partial charge in [0.1, 0.15) is 12.4 Å². The van der Waals surface area contributed by atoms with Gasteiger partial charge in [-0.2, -0.15) is 0 Å². The zero-order valence-electron chi connectivity index (χ0n) is 9.41. The van der Waals surface area contributed by atoms with E-state index in [4.69, 9.17) is 16.3 Å². The Hall–Kier alpha value is -1.81. The molecule has 18 heavy (non-hydrogen) atoms. The summed E-state index contributed by atoms with van der Waals surface area (Å²) in [6.45, 7) is 1.32. The number of hydrogen-bond donors (Lipinski definition) is 1. The standard InChI is InChI=1S/C13H10ClFN2O/c14-9-1-2-10(11(15)6-9)8-5-12-13(17-7-8)16-3-4-18-12/h1-2,5-7H,3-4H2,(H,16,17). The Morgan fingerprint density at radius 2 is 2.22 bits per heavy atom. The Bertz CT molecular complexity index is 604. The summed E-state index contributed by atoms with van der Waals surface area (Å²) in [4.78, 5) is 4.22. The van der Waals surface area contributed by atoms with Gasteiger partial charge in [0.2, 0.25) is 0 Å². The Morgan fingerprint density at radius 3 is 3.06 bits per heavy atom. The van der Waals surface area contributed by atoms with E-state index < -0.39 is 0 Å². The third-order valence-electron chi connectivity index (χ3n) is 2.75. The summed E-state index contributed by atoms with van der Waals surface area (Å²) in [6.07, 6.45) is 1.62. The van der Waals surface area contributed by atoms with Crippen LogP contribution in [0, 0.1) is 5.82 Å². The minimum absolute atomic E-state index is 0.368. The molecule has 3 nitrogen and oxygen atoms in total. The van der Waals surface area contributed by atoms with Gasteiger partial charge in [0.25, 0.3) is 0 Å². The lowest BCUT2D eigenvalue weighted by Gasteiger charge is -2.18. The zero-order valence-corrected chi connectivity index (χ0v) is 10.2. The van der Waals surface area contributed by atoms with Gasteiger partial charge >= 0.3 is 0 Å². The first-order valence-corrected chi connectivity index (χ1v) is 5.94. The third kappa shape index (κ3) is 1.99. The Labute approximate surface area is 109 Å². The van der Waals surface area contributed by atoms with Crippen LogP contribution in [0.15, 0.2) is 30.5 Å². The summed E-state index contributed by atoms with van der Waals surface area (Å²) in [6, 6.07) is 6.35. The maximum atomic E-state index is 13.8. The van der Waals surface area contributed by atoms with Gasteiger partial charge in [-0.3, -0.25) is 0 Å². The average molecular weight is 265 g/mol. The number of pyridine rings is 1. The molecule has 0 unspecified atom stereocenters. The summed E-state index contributed by atoms with van der Waals surface area (Å²) < 4.78 is 19.3. The van der Waals surface area contributed by atoms with Crippen LogP contribution < -0.4 is 10.1 Å². The van der Waals surface area contributed by atoms with Gasteiger partial charge in [-0.15, -0.1) is 0 Å². The highest BCUT2D eigenvalue weighted by atomic mass is 35.5. The van der Waals surface area contributed by atoms with Crippen LogP contribution in [0.4, 0.5) is 10.2 Å². The molecule has 0 spiro atoms. The van der Waals surface area contributed by atoms with Gasteiger partial charge in [0, 0.05) is 22.3 Å². The third-order valence-corrected chi connectivity index (χ3v) is 2.98. The molecule has 0 atom stereocenters. The number of fused-ring (bicyclic) bond motifs is 1. The minimum Gasteiger partial charge on any atom is -0.488 e. The largest absolute Gasteiger partial charge is 0.488 e. The predicted molar refractivity (Wildman–Crippen MR) is 68.6 cm³/mol. The second-order valence-corrected chi connectivity index (χ2v) is 4.41. The van der Waals surface area contributed by atoms with Crippen molar-refractivity contribution in [3.8, 4) is 16.9 Å². The number of halogens is 2. The van der Waals surface area contributed by atoms with Gasteiger partial charge in [-0.1, -0.05) is 11.6 Å². The summed E-state index contributed by atoms with van der Waals surface area (Å²) >= 11 is 5.73. The first-order chi connectivity index (χ1) is 8.74. The molecule has 0 radical (unpaired) electrons.